The highest BCUT2D eigenvalue weighted by Gasteiger charge is 2.22. The minimum absolute atomic E-state index is 0.00256. The minimum Gasteiger partial charge on any atom is -0.466 e. The van der Waals surface area contributed by atoms with Crippen LogP contribution in [0.15, 0.2) is 28.8 Å². The fourth-order valence-corrected chi connectivity index (χ4v) is 2.58. The van der Waals surface area contributed by atoms with Gasteiger partial charge in [-0.05, 0) is 12.3 Å². The van der Waals surface area contributed by atoms with Crippen LogP contribution in [0, 0.1) is 0 Å². The molecule has 9 nitrogen and oxygen atoms in total. The smallest absolute Gasteiger partial charge is 0.344 e. The highest BCUT2D eigenvalue weighted by molar-refractivity contribution is 8.06. The summed E-state index contributed by atoms with van der Waals surface area (Å²) in [5.41, 5.74) is 0.598. The summed E-state index contributed by atoms with van der Waals surface area (Å²) < 4.78 is 19.9. The van der Waals surface area contributed by atoms with Crippen molar-refractivity contribution < 1.29 is 38.1 Å². The molecule has 0 aliphatic heterocycles. The molecule has 0 fully saturated rings. The SMILES string of the molecule is COC(=O)/C=C(/S/C=C(/C)n1cc(C(=O)OC)c(C(=O)OC)c1)C(=O)OC. The van der Waals surface area contributed by atoms with Gasteiger partial charge >= 0.3 is 23.9 Å². The third-order valence-corrected chi connectivity index (χ3v) is 4.24. The lowest BCUT2D eigenvalue weighted by atomic mass is 10.2. The van der Waals surface area contributed by atoms with Crippen molar-refractivity contribution in [1.82, 2.24) is 4.57 Å². The molecule has 0 aromatic carbocycles. The van der Waals surface area contributed by atoms with E-state index in [-0.39, 0.29) is 16.0 Å². The molecule has 0 spiro atoms. The summed E-state index contributed by atoms with van der Waals surface area (Å²) in [6.45, 7) is 1.67. The number of hydrogen-bond acceptors (Lipinski definition) is 9. The molecule has 0 amide bonds. The normalized spacial score (nSPS) is 11.6. The number of thioether (sulfide) groups is 1. The van der Waals surface area contributed by atoms with Gasteiger partial charge in [-0.1, -0.05) is 11.8 Å². The molecule has 1 heterocycles. The second-order valence-corrected chi connectivity index (χ2v) is 5.79. The van der Waals surface area contributed by atoms with Gasteiger partial charge in [0.1, 0.15) is 4.91 Å². The number of rotatable bonds is 7. The van der Waals surface area contributed by atoms with Crippen LogP contribution in [-0.4, -0.2) is 56.9 Å². The molecule has 1 aromatic rings. The Morgan fingerprint density at radius 2 is 1.41 bits per heavy atom. The van der Waals surface area contributed by atoms with Gasteiger partial charge in [-0.3, -0.25) is 0 Å². The van der Waals surface area contributed by atoms with Gasteiger partial charge in [0.15, 0.2) is 0 Å². The first-order valence-electron chi connectivity index (χ1n) is 7.39. The summed E-state index contributed by atoms with van der Waals surface area (Å²) in [6.07, 6.45) is 3.79. The van der Waals surface area contributed by atoms with Gasteiger partial charge in [-0.25, -0.2) is 19.2 Å². The molecule has 0 bridgehead atoms. The number of carbonyl (C=O) groups is 4. The van der Waals surface area contributed by atoms with E-state index in [2.05, 4.69) is 18.9 Å². The lowest BCUT2D eigenvalue weighted by Gasteiger charge is -2.05. The fourth-order valence-electron chi connectivity index (χ4n) is 1.82. The van der Waals surface area contributed by atoms with Gasteiger partial charge in [0, 0.05) is 24.2 Å². The zero-order valence-electron chi connectivity index (χ0n) is 15.4. The average molecular weight is 397 g/mol. The van der Waals surface area contributed by atoms with Crippen molar-refractivity contribution in [1.29, 1.82) is 0 Å². The van der Waals surface area contributed by atoms with Gasteiger partial charge in [0.25, 0.3) is 0 Å². The van der Waals surface area contributed by atoms with E-state index in [0.717, 1.165) is 17.8 Å². The molecule has 0 atom stereocenters. The lowest BCUT2D eigenvalue weighted by molar-refractivity contribution is -0.137. The Morgan fingerprint density at radius 1 is 0.889 bits per heavy atom. The van der Waals surface area contributed by atoms with Crippen LogP contribution >= 0.6 is 11.8 Å². The number of ether oxygens (including phenoxy) is 4. The number of methoxy groups -OCH3 is 4. The van der Waals surface area contributed by atoms with Crippen molar-refractivity contribution in [3.8, 4) is 0 Å². The van der Waals surface area contributed by atoms with Gasteiger partial charge in [-0.15, -0.1) is 0 Å². The first-order chi connectivity index (χ1) is 12.8. The van der Waals surface area contributed by atoms with Crippen molar-refractivity contribution >= 4 is 41.3 Å². The Labute approximate surface area is 159 Å². The Bertz CT molecular complexity index is 772. The monoisotopic (exact) mass is 397 g/mol. The maximum atomic E-state index is 11.8. The van der Waals surface area contributed by atoms with Crippen LogP contribution in [0.3, 0.4) is 0 Å². The molecule has 27 heavy (non-hydrogen) atoms. The summed E-state index contributed by atoms with van der Waals surface area (Å²) >= 11 is 0.915. The van der Waals surface area contributed by atoms with Gasteiger partial charge < -0.3 is 23.5 Å². The number of hydrogen-bond donors (Lipinski definition) is 0. The summed E-state index contributed by atoms with van der Waals surface area (Å²) in [6, 6.07) is 0. The Balaban J connectivity index is 3.21. The van der Waals surface area contributed by atoms with E-state index in [1.54, 1.807) is 6.92 Å². The standard InChI is InChI=1S/C17H19NO8S/c1-10(9-27-13(17(22)26-5)6-14(19)23-2)18-7-11(15(20)24-3)12(8-18)16(21)25-4/h6-9H,1-5H3/b10-9-,13-6+. The molecule has 146 valence electrons. The van der Waals surface area contributed by atoms with Crippen LogP contribution in [0.2, 0.25) is 0 Å². The first kappa shape index (κ1) is 22.0. The summed E-state index contributed by atoms with van der Waals surface area (Å²) in [5, 5.41) is 1.54. The Hall–Kier alpha value is -3.01. The van der Waals surface area contributed by atoms with E-state index in [1.807, 2.05) is 0 Å². The summed E-state index contributed by atoms with van der Waals surface area (Å²) in [7, 11) is 4.75. The number of carbonyl (C=O) groups excluding carboxylic acids is 4. The molecule has 0 aliphatic carbocycles. The van der Waals surface area contributed by atoms with Gasteiger partial charge in [0.2, 0.25) is 0 Å². The van der Waals surface area contributed by atoms with Crippen LogP contribution in [-0.2, 0) is 28.5 Å². The zero-order valence-corrected chi connectivity index (χ0v) is 16.2. The predicted molar refractivity (Wildman–Crippen MR) is 96.8 cm³/mol. The number of aromatic nitrogens is 1. The second kappa shape index (κ2) is 10.2. The van der Waals surface area contributed by atoms with Crippen molar-refractivity contribution in [3.05, 3.63) is 39.9 Å². The van der Waals surface area contributed by atoms with E-state index in [1.165, 1.54) is 50.8 Å². The number of nitrogens with zero attached hydrogens (tertiary/aromatic N) is 1. The predicted octanol–water partition coefficient (Wildman–Crippen LogP) is 1.84. The van der Waals surface area contributed by atoms with E-state index < -0.39 is 23.9 Å². The Kier molecular flexibility index (Phi) is 8.34. The Morgan fingerprint density at radius 3 is 1.81 bits per heavy atom. The van der Waals surface area contributed by atoms with E-state index in [4.69, 9.17) is 0 Å². The van der Waals surface area contributed by atoms with Crippen LogP contribution in [0.25, 0.3) is 5.70 Å². The van der Waals surface area contributed by atoms with Crippen LogP contribution in [0.5, 0.6) is 0 Å². The molecule has 0 saturated carbocycles. The molecule has 10 heteroatoms. The molecule has 0 saturated heterocycles. The quantitative estimate of drug-likeness (QED) is 0.386. The topological polar surface area (TPSA) is 110 Å². The highest BCUT2D eigenvalue weighted by atomic mass is 32.2. The van der Waals surface area contributed by atoms with Crippen molar-refractivity contribution in [3.63, 3.8) is 0 Å². The maximum absolute atomic E-state index is 11.8. The third kappa shape index (κ3) is 5.74. The van der Waals surface area contributed by atoms with E-state index in [0.29, 0.717) is 5.70 Å². The molecule has 1 aromatic heterocycles. The molecular formula is C17H19NO8S. The molecule has 0 aliphatic rings. The lowest BCUT2D eigenvalue weighted by Crippen LogP contribution is -2.08. The van der Waals surface area contributed by atoms with Crippen molar-refractivity contribution in [2.75, 3.05) is 28.4 Å². The largest absolute Gasteiger partial charge is 0.466 e. The average Bonchev–Trinajstić information content (AvgIpc) is 3.14. The van der Waals surface area contributed by atoms with Crippen LogP contribution in [0.4, 0.5) is 0 Å². The third-order valence-electron chi connectivity index (χ3n) is 3.24. The molecule has 0 N–H and O–H groups in total. The molecule has 1 rings (SSSR count). The van der Waals surface area contributed by atoms with E-state index >= 15 is 0 Å². The second-order valence-electron chi connectivity index (χ2n) is 4.88. The van der Waals surface area contributed by atoms with Gasteiger partial charge in [-0.2, -0.15) is 0 Å². The number of allylic oxidation sites excluding steroid dienone is 1. The van der Waals surface area contributed by atoms with E-state index in [9.17, 15) is 19.2 Å². The van der Waals surface area contributed by atoms with Gasteiger partial charge in [0.05, 0.1) is 39.6 Å². The summed E-state index contributed by atoms with van der Waals surface area (Å²) in [5.74, 6) is -2.82. The van der Waals surface area contributed by atoms with Crippen LogP contribution in [0.1, 0.15) is 27.6 Å². The number of esters is 4. The summed E-state index contributed by atoms with van der Waals surface area (Å²) in [4.78, 5) is 46.8. The van der Waals surface area contributed by atoms with Crippen molar-refractivity contribution in [2.45, 2.75) is 6.92 Å². The highest BCUT2D eigenvalue weighted by Crippen LogP contribution is 2.24. The first-order valence-corrected chi connectivity index (χ1v) is 8.27. The molecule has 0 radical (unpaired) electrons. The molecule has 0 unspecified atom stereocenters. The minimum atomic E-state index is -0.715. The maximum Gasteiger partial charge on any atom is 0.344 e. The van der Waals surface area contributed by atoms with Crippen LogP contribution < -0.4 is 0 Å². The fraction of sp³-hybridized carbons (Fsp3) is 0.294. The molecular weight excluding hydrogens is 378 g/mol. The van der Waals surface area contributed by atoms with Crippen molar-refractivity contribution in [2.24, 2.45) is 0 Å². The zero-order chi connectivity index (χ0) is 20.6.